The van der Waals surface area contributed by atoms with Gasteiger partial charge in [0.05, 0.1) is 5.09 Å². The molecule has 5 nitrogen and oxygen atoms in total. The van der Waals surface area contributed by atoms with Gasteiger partial charge in [-0.2, -0.15) is 0 Å². The summed E-state index contributed by atoms with van der Waals surface area (Å²) < 4.78 is 0. The van der Waals surface area contributed by atoms with Gasteiger partial charge < -0.3 is 20.8 Å². The number of rotatable bonds is 0. The first-order chi connectivity index (χ1) is 1.73. The molecule has 6 heteroatoms. The molecule has 0 amide bonds. The van der Waals surface area contributed by atoms with Gasteiger partial charge in [0.25, 0.3) is 0 Å². The second-order valence-corrected chi connectivity index (χ2v) is 0.224. The Hall–Kier alpha value is -0.0738. The zero-order valence-corrected chi connectivity index (χ0v) is 4.29. The fourth-order valence-electron chi connectivity index (χ4n) is 0. The van der Waals surface area contributed by atoms with Crippen molar-refractivity contribution in [2.75, 3.05) is 0 Å². The maximum Gasteiger partial charge on any atom is 2.00 e. The third-order valence-corrected chi connectivity index (χ3v) is 0. The van der Waals surface area contributed by atoms with Crippen molar-refractivity contribution in [2.24, 2.45) is 0 Å². The molecule has 0 aliphatic rings. The van der Waals surface area contributed by atoms with Crippen LogP contribution >= 0.6 is 0 Å². The van der Waals surface area contributed by atoms with E-state index in [0.29, 0.717) is 0 Å². The van der Waals surface area contributed by atoms with E-state index >= 15 is 0 Å². The van der Waals surface area contributed by atoms with Crippen molar-refractivity contribution in [3.63, 3.8) is 0 Å². The molecular formula is H2MgNO4+. The van der Waals surface area contributed by atoms with Crippen LogP contribution in [-0.2, 0) is 0 Å². The first-order valence-corrected chi connectivity index (χ1v) is 0.548. The maximum atomic E-state index is 8.25. The molecule has 0 aliphatic carbocycles. The Bertz CT molecular complexity index is 30.5. The molecule has 0 aromatic rings. The number of nitrogens with zero attached hydrogens (tertiary/aromatic N) is 1. The second kappa shape index (κ2) is 8.87. The average Bonchev–Trinajstić information content (AvgIpc) is 0.811. The van der Waals surface area contributed by atoms with Crippen molar-refractivity contribution in [2.45, 2.75) is 0 Å². The number of hydrogen-bond acceptors (Lipinski definition) is 3. The summed E-state index contributed by atoms with van der Waals surface area (Å²) >= 11 is 0. The Morgan fingerprint density at radius 3 is 1.33 bits per heavy atom. The summed E-state index contributed by atoms with van der Waals surface area (Å²) in [4.78, 5) is 8.25. The first-order valence-electron chi connectivity index (χ1n) is 0.548. The minimum atomic E-state index is -1.75. The van der Waals surface area contributed by atoms with E-state index in [1.54, 1.807) is 0 Å². The molecule has 0 unspecified atom stereocenters. The summed E-state index contributed by atoms with van der Waals surface area (Å²) in [5.41, 5.74) is 0. The Morgan fingerprint density at radius 2 is 1.33 bits per heavy atom. The van der Waals surface area contributed by atoms with Crippen LogP contribution in [0, 0.1) is 15.3 Å². The summed E-state index contributed by atoms with van der Waals surface area (Å²) in [5, 5.41) is 14.8. The molecule has 0 aromatic carbocycles. The van der Waals surface area contributed by atoms with Gasteiger partial charge in [0.15, 0.2) is 0 Å². The molecule has 0 saturated heterocycles. The monoisotopic (exact) mass is 104 g/mol. The Balaban J connectivity index is -0.0000000450. The molecule has 0 rings (SSSR count). The molecule has 0 spiro atoms. The molecule has 2 N–H and O–H groups in total. The quantitative estimate of drug-likeness (QED) is 0.214. The van der Waals surface area contributed by atoms with Crippen LogP contribution in [-0.4, -0.2) is 33.6 Å². The summed E-state index contributed by atoms with van der Waals surface area (Å²) in [6, 6.07) is 0. The third-order valence-electron chi connectivity index (χ3n) is 0. The van der Waals surface area contributed by atoms with Crippen molar-refractivity contribution in [1.82, 2.24) is 0 Å². The smallest absolute Gasteiger partial charge is 0.412 e. The van der Waals surface area contributed by atoms with Crippen molar-refractivity contribution < 1.29 is 10.6 Å². The molecule has 0 saturated carbocycles. The fraction of sp³-hybridized carbons (Fsp3) is 0. The molecule has 0 atom stereocenters. The van der Waals surface area contributed by atoms with Gasteiger partial charge in [0.1, 0.15) is 0 Å². The molecule has 0 aliphatic heterocycles. The number of hydrogen-bond donors (Lipinski definition) is 0. The van der Waals surface area contributed by atoms with Crippen LogP contribution in [0.2, 0.25) is 0 Å². The van der Waals surface area contributed by atoms with Gasteiger partial charge in [0.2, 0.25) is 0 Å². The average molecular weight is 104 g/mol. The Morgan fingerprint density at radius 1 is 1.33 bits per heavy atom. The van der Waals surface area contributed by atoms with E-state index in [2.05, 4.69) is 0 Å². The van der Waals surface area contributed by atoms with Crippen LogP contribution in [0.1, 0.15) is 0 Å². The Kier molecular flexibility index (Phi) is 24.8. The zero-order chi connectivity index (χ0) is 3.58. The summed E-state index contributed by atoms with van der Waals surface area (Å²) in [6.45, 7) is 0. The van der Waals surface area contributed by atoms with Gasteiger partial charge in [-0.15, -0.1) is 0 Å². The molecule has 0 radical (unpaired) electrons. The standard InChI is InChI=1S/Mg.NO3.H2O/c;2-1(3)4;/h;;1H2/q+2;-1;. The van der Waals surface area contributed by atoms with Crippen molar-refractivity contribution in [3.05, 3.63) is 15.3 Å². The van der Waals surface area contributed by atoms with Crippen molar-refractivity contribution in [3.8, 4) is 0 Å². The summed E-state index contributed by atoms with van der Waals surface area (Å²) in [5.74, 6) is 0. The fourth-order valence-corrected chi connectivity index (χ4v) is 0. The van der Waals surface area contributed by atoms with Gasteiger partial charge in [0, 0.05) is 0 Å². The Labute approximate surface area is 49.5 Å². The van der Waals surface area contributed by atoms with E-state index in [1.165, 1.54) is 0 Å². The van der Waals surface area contributed by atoms with Crippen molar-refractivity contribution in [1.29, 1.82) is 0 Å². The zero-order valence-electron chi connectivity index (χ0n) is 2.88. The van der Waals surface area contributed by atoms with Crippen LogP contribution in [0.25, 0.3) is 0 Å². The van der Waals surface area contributed by atoms with Gasteiger partial charge in [-0.05, 0) is 0 Å². The SMILES string of the molecule is O.O=[N+]([O-])[O-].[Mg+2]. The van der Waals surface area contributed by atoms with Crippen molar-refractivity contribution >= 4 is 23.1 Å². The van der Waals surface area contributed by atoms with E-state index in [0.717, 1.165) is 0 Å². The van der Waals surface area contributed by atoms with Gasteiger partial charge in [-0.1, -0.05) is 0 Å². The summed E-state index contributed by atoms with van der Waals surface area (Å²) in [7, 11) is 0. The topological polar surface area (TPSA) is 97.7 Å². The molecule has 32 valence electrons. The third kappa shape index (κ3) is 6180. The van der Waals surface area contributed by atoms with Gasteiger partial charge in [-0.3, -0.25) is 0 Å². The largest absolute Gasteiger partial charge is 2.00 e. The molecule has 0 aromatic heterocycles. The van der Waals surface area contributed by atoms with E-state index in [9.17, 15) is 0 Å². The van der Waals surface area contributed by atoms with E-state index in [1.807, 2.05) is 0 Å². The first kappa shape index (κ1) is 16.8. The van der Waals surface area contributed by atoms with Crippen LogP contribution < -0.4 is 0 Å². The predicted molar refractivity (Wildman–Crippen MR) is 19.7 cm³/mol. The van der Waals surface area contributed by atoms with E-state index in [4.69, 9.17) is 15.3 Å². The van der Waals surface area contributed by atoms with Crippen LogP contribution in [0.3, 0.4) is 0 Å². The normalized spacial score (nSPS) is 4.00. The minimum Gasteiger partial charge on any atom is -0.412 e. The molecule has 0 fully saturated rings. The molecule has 0 heterocycles. The molecular weight excluding hydrogens is 102 g/mol. The molecule has 6 heavy (non-hydrogen) atoms. The van der Waals surface area contributed by atoms with Gasteiger partial charge >= 0.3 is 23.1 Å². The van der Waals surface area contributed by atoms with Crippen LogP contribution in [0.5, 0.6) is 0 Å². The van der Waals surface area contributed by atoms with Crippen LogP contribution in [0.15, 0.2) is 0 Å². The van der Waals surface area contributed by atoms with Crippen LogP contribution in [0.4, 0.5) is 0 Å². The van der Waals surface area contributed by atoms with E-state index < -0.39 is 5.09 Å². The summed E-state index contributed by atoms with van der Waals surface area (Å²) in [6.07, 6.45) is 0. The predicted octanol–water partition coefficient (Wildman–Crippen LogP) is -1.44. The minimum absolute atomic E-state index is 0. The van der Waals surface area contributed by atoms with E-state index in [-0.39, 0.29) is 28.5 Å². The second-order valence-electron chi connectivity index (χ2n) is 0.224. The maximum absolute atomic E-state index is 8.25. The van der Waals surface area contributed by atoms with Gasteiger partial charge in [-0.25, -0.2) is 0 Å². The molecule has 0 bridgehead atoms.